The number of likely N-dealkylation sites (tertiary alicyclic amines) is 1. The average molecular weight is 314 g/mol. The summed E-state index contributed by atoms with van der Waals surface area (Å²) in [7, 11) is 1.66. The quantitative estimate of drug-likeness (QED) is 0.920. The van der Waals surface area contributed by atoms with E-state index in [1.807, 2.05) is 36.1 Å². The van der Waals surface area contributed by atoms with Gasteiger partial charge in [-0.25, -0.2) is 4.98 Å². The fourth-order valence-electron chi connectivity index (χ4n) is 3.14. The van der Waals surface area contributed by atoms with Crippen molar-refractivity contribution < 1.29 is 9.53 Å². The maximum atomic E-state index is 12.6. The molecule has 1 aliphatic heterocycles. The predicted molar refractivity (Wildman–Crippen MR) is 86.1 cm³/mol. The Morgan fingerprint density at radius 1 is 1.43 bits per heavy atom. The monoisotopic (exact) mass is 314 g/mol. The number of para-hydroxylation sites is 1. The van der Waals surface area contributed by atoms with Gasteiger partial charge in [-0.1, -0.05) is 18.2 Å². The second-order valence-corrected chi connectivity index (χ2v) is 5.84. The first-order valence-corrected chi connectivity index (χ1v) is 7.99. The summed E-state index contributed by atoms with van der Waals surface area (Å²) in [6.07, 6.45) is 3.08. The number of aromatic nitrogens is 3. The van der Waals surface area contributed by atoms with E-state index in [2.05, 4.69) is 15.2 Å². The highest BCUT2D eigenvalue weighted by Gasteiger charge is 2.32. The Kier molecular flexibility index (Phi) is 4.60. The summed E-state index contributed by atoms with van der Waals surface area (Å²) in [5.74, 6) is 2.50. The molecule has 0 spiro atoms. The van der Waals surface area contributed by atoms with Gasteiger partial charge in [-0.2, -0.15) is 5.10 Å². The lowest BCUT2D eigenvalue weighted by Gasteiger charge is -2.22. The van der Waals surface area contributed by atoms with Crippen molar-refractivity contribution in [3.63, 3.8) is 0 Å². The number of H-pyrrole nitrogens is 1. The van der Waals surface area contributed by atoms with Gasteiger partial charge in [-0.15, -0.1) is 0 Å². The van der Waals surface area contributed by atoms with Gasteiger partial charge in [0.05, 0.1) is 13.2 Å². The third kappa shape index (κ3) is 3.36. The first-order chi connectivity index (χ1) is 11.2. The molecule has 122 valence electrons. The molecule has 3 rings (SSSR count). The Morgan fingerprint density at radius 2 is 2.26 bits per heavy atom. The Bertz CT molecular complexity index is 683. The van der Waals surface area contributed by atoms with Crippen molar-refractivity contribution in [3.05, 3.63) is 41.5 Å². The van der Waals surface area contributed by atoms with Crippen LogP contribution in [0.4, 0.5) is 0 Å². The Hall–Kier alpha value is -2.37. The standard InChI is InChI=1S/C17H22N4O2/c1-12-18-17(20-19-12)14-7-5-11-21(14)16(22)10-9-13-6-3-4-8-15(13)23-2/h3-4,6,8,14H,5,7,9-11H2,1-2H3,(H,18,19,20)/t14-/m1/s1. The maximum absolute atomic E-state index is 12.6. The summed E-state index contributed by atoms with van der Waals surface area (Å²) in [6, 6.07) is 7.84. The molecule has 0 bridgehead atoms. The van der Waals surface area contributed by atoms with Gasteiger partial charge in [0, 0.05) is 13.0 Å². The molecule has 1 aromatic heterocycles. The number of rotatable bonds is 5. The lowest BCUT2D eigenvalue weighted by atomic mass is 10.1. The van der Waals surface area contributed by atoms with E-state index in [1.165, 1.54) is 0 Å². The molecular weight excluding hydrogens is 292 g/mol. The Labute approximate surface area is 135 Å². The van der Waals surface area contributed by atoms with E-state index in [9.17, 15) is 4.79 Å². The molecule has 1 saturated heterocycles. The molecule has 1 aliphatic rings. The van der Waals surface area contributed by atoms with E-state index in [0.717, 1.165) is 42.3 Å². The number of ether oxygens (including phenoxy) is 1. The van der Waals surface area contributed by atoms with Gasteiger partial charge in [-0.05, 0) is 37.8 Å². The number of aryl methyl sites for hydroxylation is 2. The molecule has 0 aliphatic carbocycles. The van der Waals surface area contributed by atoms with Crippen molar-refractivity contribution in [1.82, 2.24) is 20.1 Å². The van der Waals surface area contributed by atoms with Crippen LogP contribution in [0.3, 0.4) is 0 Å². The number of amides is 1. The summed E-state index contributed by atoms with van der Waals surface area (Å²) >= 11 is 0. The topological polar surface area (TPSA) is 71.1 Å². The van der Waals surface area contributed by atoms with Crippen LogP contribution in [0.2, 0.25) is 0 Å². The zero-order valence-electron chi connectivity index (χ0n) is 13.6. The van der Waals surface area contributed by atoms with Gasteiger partial charge in [0.2, 0.25) is 5.91 Å². The van der Waals surface area contributed by atoms with Crippen molar-refractivity contribution in [2.45, 2.75) is 38.6 Å². The zero-order chi connectivity index (χ0) is 16.2. The number of carbonyl (C=O) groups is 1. The largest absolute Gasteiger partial charge is 0.496 e. The van der Waals surface area contributed by atoms with Crippen LogP contribution in [-0.2, 0) is 11.2 Å². The van der Waals surface area contributed by atoms with E-state index in [0.29, 0.717) is 12.8 Å². The summed E-state index contributed by atoms with van der Waals surface area (Å²) < 4.78 is 5.35. The van der Waals surface area contributed by atoms with Gasteiger partial charge in [0.1, 0.15) is 11.6 Å². The van der Waals surface area contributed by atoms with E-state index < -0.39 is 0 Å². The smallest absolute Gasteiger partial charge is 0.223 e. The van der Waals surface area contributed by atoms with Crippen LogP contribution in [0.5, 0.6) is 5.75 Å². The molecule has 1 fully saturated rings. The molecule has 1 aromatic carbocycles. The van der Waals surface area contributed by atoms with Gasteiger partial charge < -0.3 is 9.64 Å². The van der Waals surface area contributed by atoms with Gasteiger partial charge in [0.25, 0.3) is 0 Å². The number of benzene rings is 1. The highest BCUT2D eigenvalue weighted by Crippen LogP contribution is 2.30. The van der Waals surface area contributed by atoms with Crippen LogP contribution >= 0.6 is 0 Å². The molecule has 0 radical (unpaired) electrons. The van der Waals surface area contributed by atoms with Gasteiger partial charge in [0.15, 0.2) is 5.82 Å². The molecule has 2 aromatic rings. The number of methoxy groups -OCH3 is 1. The van der Waals surface area contributed by atoms with E-state index in [1.54, 1.807) is 7.11 Å². The van der Waals surface area contributed by atoms with Crippen molar-refractivity contribution in [2.24, 2.45) is 0 Å². The minimum atomic E-state index is 0.00474. The first kappa shape index (κ1) is 15.5. The minimum absolute atomic E-state index is 0.00474. The Balaban J connectivity index is 1.65. The van der Waals surface area contributed by atoms with E-state index in [-0.39, 0.29) is 11.9 Å². The molecule has 23 heavy (non-hydrogen) atoms. The summed E-state index contributed by atoms with van der Waals surface area (Å²) in [4.78, 5) is 18.9. The molecule has 0 unspecified atom stereocenters. The SMILES string of the molecule is COc1ccccc1CCC(=O)N1CCC[C@@H]1c1n[nH]c(C)n1. The fraction of sp³-hybridized carbons (Fsp3) is 0.471. The number of hydrogen-bond donors (Lipinski definition) is 1. The van der Waals surface area contributed by atoms with Crippen molar-refractivity contribution in [1.29, 1.82) is 0 Å². The van der Waals surface area contributed by atoms with Crippen molar-refractivity contribution in [2.75, 3.05) is 13.7 Å². The normalized spacial score (nSPS) is 17.5. The molecular formula is C17H22N4O2. The number of hydrogen-bond acceptors (Lipinski definition) is 4. The fourth-order valence-corrected chi connectivity index (χ4v) is 3.14. The Morgan fingerprint density at radius 3 is 3.00 bits per heavy atom. The number of nitrogens with one attached hydrogen (secondary N) is 1. The lowest BCUT2D eigenvalue weighted by Crippen LogP contribution is -2.31. The minimum Gasteiger partial charge on any atom is -0.496 e. The van der Waals surface area contributed by atoms with Crippen molar-refractivity contribution in [3.8, 4) is 5.75 Å². The van der Waals surface area contributed by atoms with Crippen molar-refractivity contribution >= 4 is 5.91 Å². The molecule has 6 nitrogen and oxygen atoms in total. The summed E-state index contributed by atoms with van der Waals surface area (Å²) in [5, 5.41) is 7.09. The molecule has 2 heterocycles. The molecule has 6 heteroatoms. The number of nitrogens with zero attached hydrogens (tertiary/aromatic N) is 3. The molecule has 1 atom stereocenters. The number of aromatic amines is 1. The maximum Gasteiger partial charge on any atom is 0.223 e. The van der Waals surface area contributed by atoms with Gasteiger partial charge >= 0.3 is 0 Å². The molecule has 0 saturated carbocycles. The highest BCUT2D eigenvalue weighted by molar-refractivity contribution is 5.77. The van der Waals surface area contributed by atoms with E-state index in [4.69, 9.17) is 4.74 Å². The highest BCUT2D eigenvalue weighted by atomic mass is 16.5. The van der Waals surface area contributed by atoms with Crippen LogP contribution in [0, 0.1) is 6.92 Å². The van der Waals surface area contributed by atoms with Crippen LogP contribution in [0.1, 0.15) is 42.5 Å². The molecule has 1 N–H and O–H groups in total. The number of carbonyl (C=O) groups excluding carboxylic acids is 1. The first-order valence-electron chi connectivity index (χ1n) is 7.99. The third-order valence-corrected chi connectivity index (χ3v) is 4.29. The predicted octanol–water partition coefficient (Wildman–Crippen LogP) is 2.42. The second-order valence-electron chi connectivity index (χ2n) is 5.84. The van der Waals surface area contributed by atoms with Crippen LogP contribution in [-0.4, -0.2) is 39.6 Å². The van der Waals surface area contributed by atoms with Crippen LogP contribution in [0.25, 0.3) is 0 Å². The third-order valence-electron chi connectivity index (χ3n) is 4.29. The lowest BCUT2D eigenvalue weighted by molar-refractivity contribution is -0.132. The zero-order valence-corrected chi connectivity index (χ0v) is 13.6. The molecule has 1 amide bonds. The van der Waals surface area contributed by atoms with Gasteiger partial charge in [-0.3, -0.25) is 9.89 Å². The second kappa shape index (κ2) is 6.81. The van der Waals surface area contributed by atoms with E-state index >= 15 is 0 Å². The summed E-state index contributed by atoms with van der Waals surface area (Å²) in [5.41, 5.74) is 1.06. The van der Waals surface area contributed by atoms with Crippen LogP contribution < -0.4 is 4.74 Å². The average Bonchev–Trinajstić information content (AvgIpc) is 3.21. The summed E-state index contributed by atoms with van der Waals surface area (Å²) in [6.45, 7) is 2.66. The van der Waals surface area contributed by atoms with Crippen LogP contribution in [0.15, 0.2) is 24.3 Å².